The number of nitrogens with zero attached hydrogens (tertiary/aromatic N) is 2. The van der Waals surface area contributed by atoms with E-state index in [0.29, 0.717) is 0 Å². The quantitative estimate of drug-likeness (QED) is 0.605. The lowest BCUT2D eigenvalue weighted by Gasteiger charge is -2.31. The molecule has 1 aromatic heterocycles. The normalized spacial score (nSPS) is 16.9. The highest BCUT2D eigenvalue weighted by atomic mass is 16.5. The fraction of sp³-hybridized carbons (Fsp3) is 0.360. The molecule has 0 amide bonds. The summed E-state index contributed by atoms with van der Waals surface area (Å²) in [5, 5.41) is 0. The molecule has 0 spiro atoms. The van der Waals surface area contributed by atoms with Gasteiger partial charge in [-0.25, -0.2) is 0 Å². The first kappa shape index (κ1) is 19.6. The van der Waals surface area contributed by atoms with Crippen LogP contribution in [0.1, 0.15) is 40.4 Å². The maximum Gasteiger partial charge on any atom is 0.127 e. The molecule has 0 fully saturated rings. The number of hydrogen-bond donors (Lipinski definition) is 0. The van der Waals surface area contributed by atoms with Crippen LogP contribution in [0.2, 0.25) is 0 Å². The van der Waals surface area contributed by atoms with Crippen molar-refractivity contribution >= 4 is 0 Å². The van der Waals surface area contributed by atoms with E-state index in [1.54, 1.807) is 14.2 Å². The van der Waals surface area contributed by atoms with E-state index in [1.165, 1.54) is 27.9 Å². The molecule has 0 saturated heterocycles. The number of fused-ring (bicyclic) bond motifs is 1. The zero-order chi connectivity index (χ0) is 20.4. The SMILES string of the molecule is COc1ccc(CN2CCCn3cccc3[C@@H]2c2ccc(C)c(C)c2)c(OC)c1. The van der Waals surface area contributed by atoms with Gasteiger partial charge in [-0.2, -0.15) is 0 Å². The molecular formula is C25H30N2O2. The first-order chi connectivity index (χ1) is 14.1. The third kappa shape index (κ3) is 3.90. The second kappa shape index (κ2) is 8.34. The van der Waals surface area contributed by atoms with Crippen LogP contribution in [0.25, 0.3) is 0 Å². The Hall–Kier alpha value is -2.72. The standard InChI is InChI=1S/C25H30N2O2/c1-18-8-9-20(15-19(18)2)25-23-7-5-12-26(23)13-6-14-27(25)17-21-10-11-22(28-3)16-24(21)29-4/h5,7-12,15-16,25H,6,13-14,17H2,1-4H3/t25-/m0/s1. The van der Waals surface area contributed by atoms with Gasteiger partial charge in [0.1, 0.15) is 11.5 Å². The van der Waals surface area contributed by atoms with Crippen molar-refractivity contribution in [3.05, 3.63) is 82.7 Å². The Morgan fingerprint density at radius 2 is 1.79 bits per heavy atom. The number of aryl methyl sites for hydroxylation is 3. The number of aromatic nitrogens is 1. The first-order valence-corrected chi connectivity index (χ1v) is 10.3. The van der Waals surface area contributed by atoms with Crippen molar-refractivity contribution in [3.63, 3.8) is 0 Å². The van der Waals surface area contributed by atoms with E-state index in [4.69, 9.17) is 9.47 Å². The van der Waals surface area contributed by atoms with Crippen LogP contribution in [0.5, 0.6) is 11.5 Å². The highest BCUT2D eigenvalue weighted by Gasteiger charge is 2.28. The molecule has 1 atom stereocenters. The van der Waals surface area contributed by atoms with Gasteiger partial charge in [0.2, 0.25) is 0 Å². The summed E-state index contributed by atoms with van der Waals surface area (Å²) in [6.45, 7) is 7.30. The van der Waals surface area contributed by atoms with Crippen LogP contribution in [0.15, 0.2) is 54.7 Å². The van der Waals surface area contributed by atoms with E-state index in [1.807, 2.05) is 12.1 Å². The number of rotatable bonds is 5. The predicted octanol–water partition coefficient (Wildman–Crippen LogP) is 5.12. The number of hydrogen-bond acceptors (Lipinski definition) is 3. The van der Waals surface area contributed by atoms with Crippen LogP contribution in [0.4, 0.5) is 0 Å². The van der Waals surface area contributed by atoms with Crippen molar-refractivity contribution in [2.75, 3.05) is 20.8 Å². The molecule has 4 nitrogen and oxygen atoms in total. The summed E-state index contributed by atoms with van der Waals surface area (Å²) in [5.41, 5.74) is 6.57. The van der Waals surface area contributed by atoms with Gasteiger partial charge in [-0.05, 0) is 55.2 Å². The summed E-state index contributed by atoms with van der Waals surface area (Å²) < 4.78 is 13.5. The minimum absolute atomic E-state index is 0.221. The highest BCUT2D eigenvalue weighted by molar-refractivity contribution is 5.41. The second-order valence-corrected chi connectivity index (χ2v) is 7.87. The summed E-state index contributed by atoms with van der Waals surface area (Å²) in [6, 6.07) is 17.6. The van der Waals surface area contributed by atoms with Crippen LogP contribution >= 0.6 is 0 Å². The Bertz CT molecular complexity index is 992. The molecule has 2 aromatic carbocycles. The largest absolute Gasteiger partial charge is 0.497 e. The molecular weight excluding hydrogens is 360 g/mol. The summed E-state index contributed by atoms with van der Waals surface area (Å²) in [5.74, 6) is 1.70. The molecule has 1 aliphatic heterocycles. The maximum atomic E-state index is 5.68. The zero-order valence-corrected chi connectivity index (χ0v) is 17.8. The summed E-state index contributed by atoms with van der Waals surface area (Å²) in [7, 11) is 3.42. The average Bonchev–Trinajstić information content (AvgIpc) is 3.12. The first-order valence-electron chi connectivity index (χ1n) is 10.3. The summed E-state index contributed by atoms with van der Waals surface area (Å²) >= 11 is 0. The molecule has 2 heterocycles. The Morgan fingerprint density at radius 3 is 2.55 bits per heavy atom. The Labute approximate surface area is 173 Å². The fourth-order valence-electron chi connectivity index (χ4n) is 4.33. The van der Waals surface area contributed by atoms with E-state index in [0.717, 1.165) is 37.6 Å². The average molecular weight is 391 g/mol. The molecule has 0 aliphatic carbocycles. The maximum absolute atomic E-state index is 5.68. The van der Waals surface area contributed by atoms with Gasteiger partial charge >= 0.3 is 0 Å². The lowest BCUT2D eigenvalue weighted by molar-refractivity contribution is 0.217. The number of ether oxygens (including phenoxy) is 2. The van der Waals surface area contributed by atoms with E-state index in [9.17, 15) is 0 Å². The molecule has 0 bridgehead atoms. The van der Waals surface area contributed by atoms with Gasteiger partial charge in [0, 0.05) is 43.2 Å². The zero-order valence-electron chi connectivity index (χ0n) is 17.8. The Balaban J connectivity index is 1.75. The third-order valence-electron chi connectivity index (χ3n) is 6.07. The molecule has 4 rings (SSSR count). The lowest BCUT2D eigenvalue weighted by atomic mass is 9.97. The lowest BCUT2D eigenvalue weighted by Crippen LogP contribution is -2.29. The summed E-state index contributed by atoms with van der Waals surface area (Å²) in [4.78, 5) is 2.58. The van der Waals surface area contributed by atoms with Gasteiger partial charge in [0.15, 0.2) is 0 Å². The van der Waals surface area contributed by atoms with Crippen molar-refractivity contribution < 1.29 is 9.47 Å². The van der Waals surface area contributed by atoms with E-state index in [2.05, 4.69) is 65.9 Å². The van der Waals surface area contributed by atoms with Gasteiger partial charge in [0.05, 0.1) is 20.3 Å². The topological polar surface area (TPSA) is 26.6 Å². The van der Waals surface area contributed by atoms with Crippen LogP contribution in [0, 0.1) is 13.8 Å². The van der Waals surface area contributed by atoms with Crippen molar-refractivity contribution in [2.45, 2.75) is 39.4 Å². The third-order valence-corrected chi connectivity index (χ3v) is 6.07. The van der Waals surface area contributed by atoms with E-state index in [-0.39, 0.29) is 6.04 Å². The van der Waals surface area contributed by atoms with Gasteiger partial charge in [-0.3, -0.25) is 4.90 Å². The molecule has 0 radical (unpaired) electrons. The highest BCUT2D eigenvalue weighted by Crippen LogP contribution is 2.35. The minimum atomic E-state index is 0.221. The molecule has 0 saturated carbocycles. The van der Waals surface area contributed by atoms with Gasteiger partial charge in [-0.1, -0.05) is 24.3 Å². The molecule has 0 unspecified atom stereocenters. The van der Waals surface area contributed by atoms with Gasteiger partial charge in [-0.15, -0.1) is 0 Å². The van der Waals surface area contributed by atoms with Crippen LogP contribution in [0.3, 0.4) is 0 Å². The minimum Gasteiger partial charge on any atom is -0.497 e. The predicted molar refractivity (Wildman–Crippen MR) is 117 cm³/mol. The van der Waals surface area contributed by atoms with E-state index < -0.39 is 0 Å². The number of methoxy groups -OCH3 is 2. The van der Waals surface area contributed by atoms with Gasteiger partial charge in [0.25, 0.3) is 0 Å². The van der Waals surface area contributed by atoms with Gasteiger partial charge < -0.3 is 14.0 Å². The van der Waals surface area contributed by atoms with Crippen molar-refractivity contribution in [3.8, 4) is 11.5 Å². The van der Waals surface area contributed by atoms with Crippen molar-refractivity contribution in [1.29, 1.82) is 0 Å². The van der Waals surface area contributed by atoms with Crippen LogP contribution in [-0.2, 0) is 13.1 Å². The molecule has 0 N–H and O–H groups in total. The fourth-order valence-corrected chi connectivity index (χ4v) is 4.33. The van der Waals surface area contributed by atoms with Crippen LogP contribution in [-0.4, -0.2) is 30.2 Å². The van der Waals surface area contributed by atoms with Crippen molar-refractivity contribution in [2.24, 2.45) is 0 Å². The molecule has 4 heteroatoms. The molecule has 29 heavy (non-hydrogen) atoms. The van der Waals surface area contributed by atoms with Crippen LogP contribution < -0.4 is 9.47 Å². The number of benzene rings is 2. The molecule has 1 aliphatic rings. The molecule has 3 aromatic rings. The Kier molecular flexibility index (Phi) is 5.63. The molecule has 152 valence electrons. The summed E-state index contributed by atoms with van der Waals surface area (Å²) in [6.07, 6.45) is 3.34. The Morgan fingerprint density at radius 1 is 0.931 bits per heavy atom. The van der Waals surface area contributed by atoms with E-state index >= 15 is 0 Å². The monoisotopic (exact) mass is 390 g/mol. The second-order valence-electron chi connectivity index (χ2n) is 7.87. The van der Waals surface area contributed by atoms with Crippen molar-refractivity contribution in [1.82, 2.24) is 9.47 Å². The smallest absolute Gasteiger partial charge is 0.127 e.